The number of rotatable bonds is 7. The van der Waals surface area contributed by atoms with E-state index in [2.05, 4.69) is 15.3 Å². The van der Waals surface area contributed by atoms with Crippen LogP contribution in [0.4, 0.5) is 14.5 Å². The summed E-state index contributed by atoms with van der Waals surface area (Å²) in [5, 5.41) is 2.59. The first kappa shape index (κ1) is 19.7. The molecule has 0 spiro atoms. The number of aromatic nitrogens is 3. The highest BCUT2D eigenvalue weighted by Crippen LogP contribution is 2.18. The van der Waals surface area contributed by atoms with Crippen LogP contribution in [0.2, 0.25) is 0 Å². The van der Waals surface area contributed by atoms with Gasteiger partial charge in [-0.25, -0.2) is 18.7 Å². The molecule has 0 saturated carbocycles. The van der Waals surface area contributed by atoms with Crippen LogP contribution in [0, 0.1) is 11.6 Å². The van der Waals surface area contributed by atoms with Crippen molar-refractivity contribution in [1.82, 2.24) is 14.5 Å². The molecule has 1 amide bonds. The van der Waals surface area contributed by atoms with E-state index in [1.165, 1.54) is 24.3 Å². The second kappa shape index (κ2) is 8.82. The number of imidazole rings is 1. The number of halogens is 2. The van der Waals surface area contributed by atoms with Crippen LogP contribution >= 0.6 is 0 Å². The molecule has 0 bridgehead atoms. The van der Waals surface area contributed by atoms with Crippen molar-refractivity contribution in [2.24, 2.45) is 0 Å². The zero-order valence-corrected chi connectivity index (χ0v) is 16.2. The minimum absolute atomic E-state index is 0.176. The molecule has 0 fully saturated rings. The normalized spacial score (nSPS) is 11.0. The predicted molar refractivity (Wildman–Crippen MR) is 111 cm³/mol. The Morgan fingerprint density at radius 2 is 1.80 bits per heavy atom. The number of carbonyl (C=O) groups is 1. The van der Waals surface area contributed by atoms with E-state index >= 15 is 0 Å². The summed E-state index contributed by atoms with van der Waals surface area (Å²) in [6, 6.07) is 16.1. The molecule has 152 valence electrons. The minimum atomic E-state index is -0.460. The van der Waals surface area contributed by atoms with Gasteiger partial charge in [0.05, 0.1) is 12.2 Å². The third-order valence-electron chi connectivity index (χ3n) is 4.79. The summed E-state index contributed by atoms with van der Waals surface area (Å²) >= 11 is 0. The third-order valence-corrected chi connectivity index (χ3v) is 4.79. The van der Waals surface area contributed by atoms with Crippen LogP contribution in [-0.4, -0.2) is 20.4 Å². The molecule has 2 aromatic carbocycles. The topological polar surface area (TPSA) is 59.8 Å². The van der Waals surface area contributed by atoms with Gasteiger partial charge >= 0.3 is 0 Å². The molecule has 1 N–H and O–H groups in total. The van der Waals surface area contributed by atoms with E-state index in [0.717, 1.165) is 22.6 Å². The number of fused-ring (bicyclic) bond motifs is 1. The van der Waals surface area contributed by atoms with Crippen molar-refractivity contribution in [1.29, 1.82) is 0 Å². The van der Waals surface area contributed by atoms with E-state index in [9.17, 15) is 13.6 Å². The fourth-order valence-electron chi connectivity index (χ4n) is 3.32. The number of para-hydroxylation sites is 1. The average Bonchev–Trinajstić information content (AvgIpc) is 3.09. The Hall–Kier alpha value is -3.61. The van der Waals surface area contributed by atoms with E-state index < -0.39 is 5.82 Å². The van der Waals surface area contributed by atoms with Crippen molar-refractivity contribution in [2.75, 3.05) is 5.32 Å². The van der Waals surface area contributed by atoms with Gasteiger partial charge in [0, 0.05) is 19.0 Å². The Bertz CT molecular complexity index is 1170. The van der Waals surface area contributed by atoms with E-state index in [-0.39, 0.29) is 23.8 Å². The molecule has 2 aromatic heterocycles. The van der Waals surface area contributed by atoms with Crippen LogP contribution in [0.1, 0.15) is 24.2 Å². The summed E-state index contributed by atoms with van der Waals surface area (Å²) in [6.45, 7) is 0.505. The van der Waals surface area contributed by atoms with Gasteiger partial charge in [-0.15, -0.1) is 0 Å². The number of nitrogens with one attached hydrogen (secondary N) is 1. The van der Waals surface area contributed by atoms with Crippen molar-refractivity contribution in [3.8, 4) is 0 Å². The molecule has 7 heteroatoms. The molecule has 0 aliphatic rings. The fraction of sp³-hybridized carbons (Fsp3) is 0.174. The Morgan fingerprint density at radius 1 is 1.00 bits per heavy atom. The van der Waals surface area contributed by atoms with E-state index in [1.54, 1.807) is 30.5 Å². The molecule has 0 aliphatic heterocycles. The first-order valence-electron chi connectivity index (χ1n) is 9.69. The molecule has 0 aliphatic carbocycles. The highest BCUT2D eigenvalue weighted by Gasteiger charge is 2.13. The lowest BCUT2D eigenvalue weighted by atomic mass is 10.2. The largest absolute Gasteiger partial charge is 0.324 e. The van der Waals surface area contributed by atoms with Gasteiger partial charge in [-0.2, -0.15) is 0 Å². The van der Waals surface area contributed by atoms with Crippen molar-refractivity contribution < 1.29 is 13.6 Å². The molecule has 30 heavy (non-hydrogen) atoms. The first-order chi connectivity index (χ1) is 14.6. The van der Waals surface area contributed by atoms with Gasteiger partial charge in [-0.3, -0.25) is 4.79 Å². The van der Waals surface area contributed by atoms with Gasteiger partial charge < -0.3 is 9.88 Å². The number of nitrogens with zero attached hydrogens (tertiary/aromatic N) is 3. The Morgan fingerprint density at radius 3 is 2.60 bits per heavy atom. The maximum atomic E-state index is 13.7. The zero-order valence-electron chi connectivity index (χ0n) is 16.2. The molecule has 0 unspecified atom stereocenters. The van der Waals surface area contributed by atoms with Gasteiger partial charge in [0.25, 0.3) is 0 Å². The van der Waals surface area contributed by atoms with Gasteiger partial charge in [0.15, 0.2) is 5.65 Å². The van der Waals surface area contributed by atoms with E-state index in [1.807, 2.05) is 16.7 Å². The van der Waals surface area contributed by atoms with Crippen molar-refractivity contribution in [2.45, 2.75) is 25.8 Å². The summed E-state index contributed by atoms with van der Waals surface area (Å²) in [4.78, 5) is 21.3. The van der Waals surface area contributed by atoms with Crippen LogP contribution in [0.5, 0.6) is 0 Å². The Kier molecular flexibility index (Phi) is 5.79. The number of hydrogen-bond donors (Lipinski definition) is 1. The van der Waals surface area contributed by atoms with Crippen molar-refractivity contribution in [3.63, 3.8) is 0 Å². The number of amides is 1. The lowest BCUT2D eigenvalue weighted by molar-refractivity contribution is -0.116. The lowest BCUT2D eigenvalue weighted by Crippen LogP contribution is -2.13. The fourth-order valence-corrected chi connectivity index (χ4v) is 3.32. The summed E-state index contributed by atoms with van der Waals surface area (Å²) in [7, 11) is 0. The SMILES string of the molecule is O=C(CCCc1nc2cccnc2n1Cc1ccc(F)cc1)Nc1ccccc1F. The zero-order chi connectivity index (χ0) is 20.9. The minimum Gasteiger partial charge on any atom is -0.324 e. The molecule has 0 atom stereocenters. The molecule has 0 radical (unpaired) electrons. The number of aryl methyl sites for hydroxylation is 1. The highest BCUT2D eigenvalue weighted by molar-refractivity contribution is 5.90. The molecule has 4 aromatic rings. The summed E-state index contributed by atoms with van der Waals surface area (Å²) in [5.74, 6) is -0.197. The molecule has 2 heterocycles. The van der Waals surface area contributed by atoms with Gasteiger partial charge in [0.1, 0.15) is 23.0 Å². The Labute approximate surface area is 172 Å². The predicted octanol–water partition coefficient (Wildman–Crippen LogP) is 4.72. The molecule has 0 saturated heterocycles. The van der Waals surface area contributed by atoms with Crippen LogP contribution < -0.4 is 5.32 Å². The molecular weight excluding hydrogens is 386 g/mol. The summed E-state index contributed by atoms with van der Waals surface area (Å²) < 4.78 is 28.9. The van der Waals surface area contributed by atoms with Crippen molar-refractivity contribution in [3.05, 3.63) is 89.9 Å². The number of benzene rings is 2. The molecule has 5 nitrogen and oxygen atoms in total. The van der Waals surface area contributed by atoms with Crippen LogP contribution in [0.15, 0.2) is 66.9 Å². The molecule has 4 rings (SSSR count). The average molecular weight is 406 g/mol. The lowest BCUT2D eigenvalue weighted by Gasteiger charge is -2.09. The standard InChI is InChI=1S/C23H20F2N4O/c24-17-12-10-16(11-13-17)15-29-21(27-20-7-4-14-26-23(20)29)8-3-9-22(30)28-19-6-2-1-5-18(19)25/h1-2,4-7,10-14H,3,8-9,15H2,(H,28,30). The third kappa shape index (κ3) is 4.51. The van der Waals surface area contributed by atoms with Crippen LogP contribution in [-0.2, 0) is 17.8 Å². The first-order valence-corrected chi connectivity index (χ1v) is 9.69. The van der Waals surface area contributed by atoms with E-state index in [4.69, 9.17) is 0 Å². The quantitative estimate of drug-likeness (QED) is 0.483. The molecular formula is C23H20F2N4O. The van der Waals surface area contributed by atoms with Crippen molar-refractivity contribution >= 4 is 22.8 Å². The smallest absolute Gasteiger partial charge is 0.224 e. The van der Waals surface area contributed by atoms with Gasteiger partial charge in [0.2, 0.25) is 5.91 Å². The summed E-state index contributed by atoms with van der Waals surface area (Å²) in [5.41, 5.74) is 2.62. The second-order valence-electron chi connectivity index (χ2n) is 6.97. The summed E-state index contributed by atoms with van der Waals surface area (Å²) in [6.07, 6.45) is 3.05. The maximum Gasteiger partial charge on any atom is 0.224 e. The number of hydrogen-bond acceptors (Lipinski definition) is 3. The van der Waals surface area contributed by atoms with Gasteiger partial charge in [-0.05, 0) is 48.4 Å². The van der Waals surface area contributed by atoms with Gasteiger partial charge in [-0.1, -0.05) is 24.3 Å². The number of carbonyl (C=O) groups excluding carboxylic acids is 1. The van der Waals surface area contributed by atoms with Crippen LogP contribution in [0.3, 0.4) is 0 Å². The Balaban J connectivity index is 1.46. The maximum absolute atomic E-state index is 13.7. The highest BCUT2D eigenvalue weighted by atomic mass is 19.1. The second-order valence-corrected chi connectivity index (χ2v) is 6.97. The number of pyridine rings is 1. The van der Waals surface area contributed by atoms with E-state index in [0.29, 0.717) is 19.4 Å². The van der Waals surface area contributed by atoms with Crippen LogP contribution in [0.25, 0.3) is 11.2 Å². The monoisotopic (exact) mass is 406 g/mol. The number of anilines is 1.